The van der Waals surface area contributed by atoms with Crippen LogP contribution in [0.25, 0.3) is 31.7 Å². The molecule has 0 aliphatic heterocycles. The molecule has 6 nitrogen and oxygen atoms in total. The van der Waals surface area contributed by atoms with Crippen LogP contribution in [0.15, 0.2) is 52.1 Å². The van der Waals surface area contributed by atoms with Crippen molar-refractivity contribution >= 4 is 43.2 Å². The molecule has 160 valence electrons. The molecule has 3 heterocycles. The molecule has 2 aromatic carbocycles. The number of hydrogen-bond donors (Lipinski definition) is 1. The third kappa shape index (κ3) is 3.02. The third-order valence-corrected chi connectivity index (χ3v) is 7.17. The number of hydrogen-bond acceptors (Lipinski definition) is 6. The Hall–Kier alpha value is -3.23. The van der Waals surface area contributed by atoms with Crippen LogP contribution < -0.4 is 5.56 Å². The highest BCUT2D eigenvalue weighted by molar-refractivity contribution is 7.25. The molecule has 1 aliphatic carbocycles. The van der Waals surface area contributed by atoms with Crippen LogP contribution in [-0.2, 0) is 6.54 Å². The lowest BCUT2D eigenvalue weighted by Gasteiger charge is -2.15. The maximum atomic E-state index is 14.1. The zero-order valence-corrected chi connectivity index (χ0v) is 18.1. The van der Waals surface area contributed by atoms with E-state index in [9.17, 15) is 14.3 Å². The minimum atomic E-state index is -0.317. The van der Waals surface area contributed by atoms with Crippen LogP contribution in [0.4, 0.5) is 4.39 Å². The van der Waals surface area contributed by atoms with Gasteiger partial charge < -0.3 is 9.52 Å². The van der Waals surface area contributed by atoms with E-state index in [1.165, 1.54) is 34.4 Å². The molecule has 9 heteroatoms. The molecule has 0 spiro atoms. The Labute approximate surface area is 189 Å². The Kier molecular flexibility index (Phi) is 4.34. The van der Waals surface area contributed by atoms with Crippen molar-refractivity contribution in [2.24, 2.45) is 0 Å². The average Bonchev–Trinajstić information content (AvgIpc) is 3.36. The number of aromatic hydroxyl groups is 1. The highest BCUT2D eigenvalue weighted by atomic mass is 35.5. The Morgan fingerprint density at radius 3 is 2.88 bits per heavy atom. The van der Waals surface area contributed by atoms with Crippen LogP contribution in [0.5, 0.6) is 5.75 Å². The summed E-state index contributed by atoms with van der Waals surface area (Å²) in [5.74, 6) is 0.780. The van der Waals surface area contributed by atoms with Crippen LogP contribution in [0, 0.1) is 5.82 Å². The normalized spacial score (nSPS) is 13.9. The predicted octanol–water partition coefficient (Wildman–Crippen LogP) is 5.69. The molecule has 6 rings (SSSR count). The number of benzene rings is 2. The minimum absolute atomic E-state index is 0.0737. The van der Waals surface area contributed by atoms with Crippen LogP contribution in [-0.4, -0.2) is 19.6 Å². The van der Waals surface area contributed by atoms with Crippen LogP contribution >= 0.6 is 22.9 Å². The van der Waals surface area contributed by atoms with Crippen molar-refractivity contribution in [1.82, 2.24) is 14.5 Å². The molecule has 5 aromatic rings. The molecule has 0 radical (unpaired) electrons. The Bertz CT molecular complexity index is 1570. The van der Waals surface area contributed by atoms with Gasteiger partial charge in [0.15, 0.2) is 12.1 Å². The number of aromatic nitrogens is 3. The summed E-state index contributed by atoms with van der Waals surface area (Å²) in [6.07, 6.45) is 4.80. The monoisotopic (exact) mass is 467 g/mol. The van der Waals surface area contributed by atoms with Crippen molar-refractivity contribution in [1.29, 1.82) is 0 Å². The SMILES string of the molecule is O=c1c2c(nc(-c3ccc(F)cc3C3CC3)n1Cc1cnco1)sc1c(O)c(Cl)ccc12. The van der Waals surface area contributed by atoms with Gasteiger partial charge in [-0.3, -0.25) is 9.36 Å². The van der Waals surface area contributed by atoms with Crippen LogP contribution in [0.2, 0.25) is 5.02 Å². The molecule has 0 saturated heterocycles. The topological polar surface area (TPSA) is 81.2 Å². The van der Waals surface area contributed by atoms with E-state index in [-0.39, 0.29) is 34.6 Å². The summed E-state index contributed by atoms with van der Waals surface area (Å²) in [5, 5.41) is 11.6. The molecule has 1 N–H and O–H groups in total. The molecular weight excluding hydrogens is 453 g/mol. The van der Waals surface area contributed by atoms with Gasteiger partial charge in [-0.15, -0.1) is 11.3 Å². The van der Waals surface area contributed by atoms with Crippen molar-refractivity contribution in [3.63, 3.8) is 0 Å². The number of phenolic OH excluding ortho intramolecular Hbond substituents is 1. The summed E-state index contributed by atoms with van der Waals surface area (Å²) in [4.78, 5) is 23.0. The summed E-state index contributed by atoms with van der Waals surface area (Å²) in [7, 11) is 0. The number of thiophene rings is 1. The van der Waals surface area contributed by atoms with Gasteiger partial charge in [0, 0.05) is 10.9 Å². The predicted molar refractivity (Wildman–Crippen MR) is 121 cm³/mol. The molecule has 0 unspecified atom stereocenters. The fourth-order valence-electron chi connectivity index (χ4n) is 4.08. The summed E-state index contributed by atoms with van der Waals surface area (Å²) >= 11 is 7.29. The maximum absolute atomic E-state index is 14.1. The standard InChI is InChI=1S/C23H15ClFN3O3S/c24-17-6-5-15-18-22(32-20(15)19(17)29)27-21(28(23(18)30)9-13-8-26-10-31-13)14-4-3-12(25)7-16(14)11-1-2-11/h3-8,10-11,29H,1-2,9H2. The number of phenols is 1. The first-order valence-corrected chi connectivity index (χ1v) is 11.2. The molecule has 0 amide bonds. The van der Waals surface area contributed by atoms with Crippen molar-refractivity contribution in [2.75, 3.05) is 0 Å². The van der Waals surface area contributed by atoms with Gasteiger partial charge in [0.25, 0.3) is 5.56 Å². The first-order chi connectivity index (χ1) is 15.5. The van der Waals surface area contributed by atoms with Gasteiger partial charge in [0.1, 0.15) is 22.2 Å². The zero-order chi connectivity index (χ0) is 22.0. The average molecular weight is 468 g/mol. The lowest BCUT2D eigenvalue weighted by Crippen LogP contribution is -2.24. The van der Waals surface area contributed by atoms with E-state index in [0.717, 1.165) is 18.4 Å². The summed E-state index contributed by atoms with van der Waals surface area (Å²) < 4.78 is 21.5. The zero-order valence-electron chi connectivity index (χ0n) is 16.5. The highest BCUT2D eigenvalue weighted by Crippen LogP contribution is 2.45. The smallest absolute Gasteiger partial charge is 0.263 e. The van der Waals surface area contributed by atoms with E-state index in [0.29, 0.717) is 37.5 Å². The van der Waals surface area contributed by atoms with E-state index in [1.807, 2.05) is 0 Å². The quantitative estimate of drug-likeness (QED) is 0.367. The van der Waals surface area contributed by atoms with Crippen LogP contribution in [0.3, 0.4) is 0 Å². The van der Waals surface area contributed by atoms with Gasteiger partial charge in [0.05, 0.1) is 27.9 Å². The van der Waals surface area contributed by atoms with Crippen molar-refractivity contribution < 1.29 is 13.9 Å². The second-order valence-corrected chi connectivity index (χ2v) is 9.26. The van der Waals surface area contributed by atoms with Crippen molar-refractivity contribution in [2.45, 2.75) is 25.3 Å². The van der Waals surface area contributed by atoms with Gasteiger partial charge in [-0.1, -0.05) is 17.7 Å². The number of halogens is 2. The van der Waals surface area contributed by atoms with E-state index in [4.69, 9.17) is 21.0 Å². The maximum Gasteiger partial charge on any atom is 0.263 e. The second kappa shape index (κ2) is 7.15. The Balaban J connectivity index is 1.70. The fraction of sp³-hybridized carbons (Fsp3) is 0.174. The van der Waals surface area contributed by atoms with Crippen molar-refractivity contribution in [3.05, 3.63) is 75.4 Å². The summed E-state index contributed by atoms with van der Waals surface area (Å²) in [6, 6.07) is 7.86. The largest absolute Gasteiger partial charge is 0.505 e. The van der Waals surface area contributed by atoms with Crippen LogP contribution in [0.1, 0.15) is 30.1 Å². The van der Waals surface area contributed by atoms with E-state index in [1.54, 1.807) is 24.4 Å². The van der Waals surface area contributed by atoms with Gasteiger partial charge in [-0.25, -0.2) is 14.4 Å². The number of oxazole rings is 1. The number of fused-ring (bicyclic) bond motifs is 3. The third-order valence-electron chi connectivity index (χ3n) is 5.76. The molecule has 1 saturated carbocycles. The summed E-state index contributed by atoms with van der Waals surface area (Å²) in [6.45, 7) is 0.121. The molecule has 0 bridgehead atoms. The number of nitrogens with zero attached hydrogens (tertiary/aromatic N) is 3. The highest BCUT2D eigenvalue weighted by Gasteiger charge is 2.29. The van der Waals surface area contributed by atoms with E-state index in [2.05, 4.69) is 4.98 Å². The molecule has 32 heavy (non-hydrogen) atoms. The Morgan fingerprint density at radius 2 is 2.12 bits per heavy atom. The fourth-order valence-corrected chi connectivity index (χ4v) is 5.41. The molecule has 1 aliphatic rings. The lowest BCUT2D eigenvalue weighted by atomic mass is 10.0. The summed E-state index contributed by atoms with van der Waals surface area (Å²) in [5.41, 5.74) is 1.28. The van der Waals surface area contributed by atoms with Crippen molar-refractivity contribution in [3.8, 4) is 17.1 Å². The molecule has 0 atom stereocenters. The first-order valence-electron chi connectivity index (χ1n) is 10.0. The molecule has 3 aromatic heterocycles. The molecule has 1 fully saturated rings. The van der Waals surface area contributed by atoms with E-state index < -0.39 is 0 Å². The van der Waals surface area contributed by atoms with Gasteiger partial charge >= 0.3 is 0 Å². The minimum Gasteiger partial charge on any atom is -0.505 e. The molecular formula is C23H15ClFN3O3S. The Morgan fingerprint density at radius 1 is 1.28 bits per heavy atom. The number of rotatable bonds is 4. The lowest BCUT2D eigenvalue weighted by molar-refractivity contribution is 0.482. The van der Waals surface area contributed by atoms with E-state index >= 15 is 0 Å². The van der Waals surface area contributed by atoms with Gasteiger partial charge in [0.2, 0.25) is 0 Å². The van der Waals surface area contributed by atoms with Gasteiger partial charge in [-0.05, 0) is 48.6 Å². The van der Waals surface area contributed by atoms with Gasteiger partial charge in [-0.2, -0.15) is 0 Å². The second-order valence-electron chi connectivity index (χ2n) is 7.86. The first kappa shape index (κ1) is 19.5.